The molecule has 0 N–H and O–H groups in total. The lowest BCUT2D eigenvalue weighted by Gasteiger charge is -1.81. The van der Waals surface area contributed by atoms with Crippen molar-refractivity contribution in [3.63, 3.8) is 0 Å². The summed E-state index contributed by atoms with van der Waals surface area (Å²) in [5, 5.41) is 11.5. The van der Waals surface area contributed by atoms with E-state index < -0.39 is 0 Å². The molecule has 0 saturated carbocycles. The first-order chi connectivity index (χ1) is 6.29. The fraction of sp³-hybridized carbons (Fsp3) is 0.286. The summed E-state index contributed by atoms with van der Waals surface area (Å²) in [6, 6.07) is 1.80. The van der Waals surface area contributed by atoms with Gasteiger partial charge in [-0.15, -0.1) is 5.10 Å². The van der Waals surface area contributed by atoms with Crippen LogP contribution in [-0.4, -0.2) is 20.2 Å². The summed E-state index contributed by atoms with van der Waals surface area (Å²) in [6.45, 7) is 0. The van der Waals surface area contributed by atoms with Crippen LogP contribution in [0.15, 0.2) is 16.8 Å². The number of aromatic nitrogens is 4. The number of thiol groups is 1. The third-order valence-corrected chi connectivity index (χ3v) is 1.90. The molecule has 2 aromatic rings. The molecule has 2 aromatic heterocycles. The van der Waals surface area contributed by atoms with Gasteiger partial charge in [0.15, 0.2) is 11.5 Å². The third-order valence-electron chi connectivity index (χ3n) is 1.58. The summed E-state index contributed by atoms with van der Waals surface area (Å²) in [5.41, 5.74) is 1.48. The Labute approximate surface area is 80.1 Å². The molecular formula is C7H8N4OS. The first-order valence-corrected chi connectivity index (χ1v) is 4.36. The molecule has 2 rings (SSSR count). The van der Waals surface area contributed by atoms with E-state index in [1.165, 1.54) is 0 Å². The molecule has 6 heteroatoms. The Morgan fingerprint density at radius 3 is 3.00 bits per heavy atom. The average Bonchev–Trinajstić information content (AvgIpc) is 2.71. The highest BCUT2D eigenvalue weighted by atomic mass is 32.1. The maximum Gasteiger partial charge on any atom is 0.189 e. The zero-order chi connectivity index (χ0) is 9.26. The van der Waals surface area contributed by atoms with Crippen molar-refractivity contribution in [2.45, 2.75) is 5.75 Å². The molecule has 0 fully saturated rings. The lowest BCUT2D eigenvalue weighted by Crippen LogP contribution is -1.85. The fourth-order valence-corrected chi connectivity index (χ4v) is 1.12. The zero-order valence-electron chi connectivity index (χ0n) is 7.01. The van der Waals surface area contributed by atoms with Gasteiger partial charge < -0.3 is 4.52 Å². The Balaban J connectivity index is 2.35. The van der Waals surface area contributed by atoms with E-state index in [0.29, 0.717) is 17.2 Å². The van der Waals surface area contributed by atoms with Crippen molar-refractivity contribution in [2.24, 2.45) is 7.05 Å². The molecular weight excluding hydrogens is 188 g/mol. The van der Waals surface area contributed by atoms with E-state index >= 15 is 0 Å². The predicted molar refractivity (Wildman–Crippen MR) is 49.2 cm³/mol. The van der Waals surface area contributed by atoms with Gasteiger partial charge in [0.1, 0.15) is 0 Å². The first kappa shape index (κ1) is 8.31. The minimum atomic E-state index is 0.559. The highest BCUT2D eigenvalue weighted by Crippen LogP contribution is 2.17. The van der Waals surface area contributed by atoms with Crippen LogP contribution in [-0.2, 0) is 12.8 Å². The molecule has 0 unspecified atom stereocenters. The zero-order valence-corrected chi connectivity index (χ0v) is 7.90. The number of nitrogens with zero attached hydrogens (tertiary/aromatic N) is 4. The van der Waals surface area contributed by atoms with Gasteiger partial charge in [0.25, 0.3) is 0 Å². The molecule has 0 amide bonds. The standard InChI is InChI=1S/C7H8N4OS/c1-11-3-6(8-10-11)7-2-5(4-13)9-12-7/h2-3,13H,4H2,1H3. The minimum absolute atomic E-state index is 0.559. The summed E-state index contributed by atoms with van der Waals surface area (Å²) < 4.78 is 6.65. The average molecular weight is 196 g/mol. The fourth-order valence-electron chi connectivity index (χ4n) is 0.967. The highest BCUT2D eigenvalue weighted by Gasteiger charge is 2.08. The normalized spacial score (nSPS) is 10.6. The van der Waals surface area contributed by atoms with Gasteiger partial charge in [-0.05, 0) is 0 Å². The molecule has 0 atom stereocenters. The molecule has 0 spiro atoms. The van der Waals surface area contributed by atoms with Crippen LogP contribution in [0.3, 0.4) is 0 Å². The van der Waals surface area contributed by atoms with Gasteiger partial charge in [-0.1, -0.05) is 10.4 Å². The van der Waals surface area contributed by atoms with E-state index in [1.54, 1.807) is 24.0 Å². The second-order valence-electron chi connectivity index (χ2n) is 2.62. The van der Waals surface area contributed by atoms with E-state index in [9.17, 15) is 0 Å². The van der Waals surface area contributed by atoms with Crippen LogP contribution in [0.1, 0.15) is 5.69 Å². The second-order valence-corrected chi connectivity index (χ2v) is 2.93. The number of rotatable bonds is 2. The molecule has 0 aliphatic carbocycles. The van der Waals surface area contributed by atoms with Crippen LogP contribution in [0, 0.1) is 0 Å². The SMILES string of the molecule is Cn1cc(-c2cc(CS)no2)nn1. The summed E-state index contributed by atoms with van der Waals surface area (Å²) in [4.78, 5) is 0. The molecule has 0 radical (unpaired) electrons. The van der Waals surface area contributed by atoms with E-state index in [-0.39, 0.29) is 0 Å². The highest BCUT2D eigenvalue weighted by molar-refractivity contribution is 7.79. The smallest absolute Gasteiger partial charge is 0.189 e. The topological polar surface area (TPSA) is 56.7 Å². The van der Waals surface area contributed by atoms with E-state index in [0.717, 1.165) is 5.69 Å². The molecule has 0 aliphatic heterocycles. The predicted octanol–water partition coefficient (Wildman–Crippen LogP) is 0.900. The lowest BCUT2D eigenvalue weighted by atomic mass is 10.3. The van der Waals surface area contributed by atoms with Gasteiger partial charge in [-0.25, -0.2) is 0 Å². The first-order valence-electron chi connectivity index (χ1n) is 3.73. The molecule has 0 aromatic carbocycles. The number of aryl methyl sites for hydroxylation is 1. The monoisotopic (exact) mass is 196 g/mol. The molecule has 0 bridgehead atoms. The van der Waals surface area contributed by atoms with Crippen LogP contribution < -0.4 is 0 Å². The minimum Gasteiger partial charge on any atom is -0.354 e. The van der Waals surface area contributed by atoms with Crippen LogP contribution in [0.5, 0.6) is 0 Å². The summed E-state index contributed by atoms with van der Waals surface area (Å²) >= 11 is 4.08. The van der Waals surface area contributed by atoms with Crippen LogP contribution in [0.2, 0.25) is 0 Å². The number of hydrogen-bond acceptors (Lipinski definition) is 5. The van der Waals surface area contributed by atoms with E-state index in [2.05, 4.69) is 28.1 Å². The van der Waals surface area contributed by atoms with Crippen molar-refractivity contribution in [1.82, 2.24) is 20.2 Å². The Hall–Kier alpha value is -1.30. The van der Waals surface area contributed by atoms with Gasteiger partial charge in [0.2, 0.25) is 0 Å². The van der Waals surface area contributed by atoms with Crippen molar-refractivity contribution in [3.8, 4) is 11.5 Å². The molecule has 2 heterocycles. The van der Waals surface area contributed by atoms with E-state index in [1.807, 2.05) is 0 Å². The molecule has 0 aliphatic rings. The largest absolute Gasteiger partial charge is 0.354 e. The Kier molecular flexibility index (Phi) is 2.05. The van der Waals surface area contributed by atoms with Crippen LogP contribution >= 0.6 is 12.6 Å². The Morgan fingerprint density at radius 1 is 1.62 bits per heavy atom. The molecule has 13 heavy (non-hydrogen) atoms. The maximum absolute atomic E-state index is 5.04. The quantitative estimate of drug-likeness (QED) is 0.725. The second kappa shape index (κ2) is 3.21. The molecule has 5 nitrogen and oxygen atoms in total. The van der Waals surface area contributed by atoms with Gasteiger partial charge in [-0.3, -0.25) is 4.68 Å². The van der Waals surface area contributed by atoms with E-state index in [4.69, 9.17) is 4.52 Å². The number of hydrogen-bond donors (Lipinski definition) is 1. The molecule has 68 valence electrons. The van der Waals surface area contributed by atoms with Gasteiger partial charge in [0.05, 0.1) is 11.9 Å². The summed E-state index contributed by atoms with van der Waals surface area (Å²) in [5.74, 6) is 1.18. The van der Waals surface area contributed by atoms with Crippen molar-refractivity contribution in [2.75, 3.05) is 0 Å². The maximum atomic E-state index is 5.04. The van der Waals surface area contributed by atoms with Crippen molar-refractivity contribution < 1.29 is 4.52 Å². The molecule has 0 saturated heterocycles. The summed E-state index contributed by atoms with van der Waals surface area (Å²) in [7, 11) is 1.80. The van der Waals surface area contributed by atoms with Gasteiger partial charge in [0, 0.05) is 18.9 Å². The van der Waals surface area contributed by atoms with Gasteiger partial charge >= 0.3 is 0 Å². The van der Waals surface area contributed by atoms with Crippen molar-refractivity contribution >= 4 is 12.6 Å². The third kappa shape index (κ3) is 1.57. The van der Waals surface area contributed by atoms with Crippen molar-refractivity contribution in [1.29, 1.82) is 0 Å². The van der Waals surface area contributed by atoms with Crippen LogP contribution in [0.25, 0.3) is 11.5 Å². The van der Waals surface area contributed by atoms with Gasteiger partial charge in [-0.2, -0.15) is 12.6 Å². The van der Waals surface area contributed by atoms with Crippen molar-refractivity contribution in [3.05, 3.63) is 18.0 Å². The summed E-state index contributed by atoms with van der Waals surface area (Å²) in [6.07, 6.45) is 1.77. The Bertz CT molecular complexity index is 408. The Morgan fingerprint density at radius 2 is 2.46 bits per heavy atom. The lowest BCUT2D eigenvalue weighted by molar-refractivity contribution is 0.425. The van der Waals surface area contributed by atoms with Crippen LogP contribution in [0.4, 0.5) is 0 Å².